The summed E-state index contributed by atoms with van der Waals surface area (Å²) in [5, 5.41) is 0. The van der Waals surface area contributed by atoms with Crippen molar-refractivity contribution in [3.8, 4) is 0 Å². The summed E-state index contributed by atoms with van der Waals surface area (Å²) < 4.78 is 30.4. The molecule has 0 amide bonds. The van der Waals surface area contributed by atoms with Gasteiger partial charge < -0.3 is 21.0 Å². The van der Waals surface area contributed by atoms with Gasteiger partial charge in [-0.05, 0) is 0 Å². The summed E-state index contributed by atoms with van der Waals surface area (Å²) in [6.45, 7) is 0. The van der Waals surface area contributed by atoms with Crippen LogP contribution in [-0.4, -0.2) is 19.6 Å². The molecule has 4 N–H and O–H groups in total. The van der Waals surface area contributed by atoms with Crippen LogP contribution in [-0.2, 0) is 34.5 Å². The molecule has 0 saturated carbocycles. The third kappa shape index (κ3) is 22.6. The fraction of sp³-hybridized carbons (Fsp3) is 0. The van der Waals surface area contributed by atoms with Gasteiger partial charge in [0.25, 0.3) is 0 Å². The zero-order valence-corrected chi connectivity index (χ0v) is 10.9. The van der Waals surface area contributed by atoms with Crippen LogP contribution in [0, 0.1) is 0 Å². The van der Waals surface area contributed by atoms with Gasteiger partial charge >= 0.3 is 66.2 Å². The first-order valence-electron chi connectivity index (χ1n) is 1.71. The molecule has 0 atom stereocenters. The first-order valence-corrected chi connectivity index (χ1v) is 5.34. The van der Waals surface area contributed by atoms with E-state index in [-0.39, 0.29) is 31.0 Å². The fourth-order valence-electron chi connectivity index (χ4n) is 0.139. The van der Waals surface area contributed by atoms with Gasteiger partial charge in [-0.2, -0.15) is 4.31 Å². The van der Waals surface area contributed by atoms with Crippen molar-refractivity contribution in [1.82, 2.24) is 0 Å². The first-order chi connectivity index (χ1) is 4.71. The van der Waals surface area contributed by atoms with Gasteiger partial charge in [0.2, 0.25) is 0 Å². The molecule has 0 aromatic carbocycles. The molecule has 0 heterocycles. The van der Waals surface area contributed by atoms with Crippen LogP contribution in [0.4, 0.5) is 0 Å². The van der Waals surface area contributed by atoms with Crippen LogP contribution in [0.1, 0.15) is 1.43 Å². The Labute approximate surface area is 100 Å². The van der Waals surface area contributed by atoms with Gasteiger partial charge in [-0.25, -0.2) is 9.13 Å². The van der Waals surface area contributed by atoms with E-state index in [0.717, 1.165) is 17.4 Å². The van der Waals surface area contributed by atoms with Gasteiger partial charge in [0.1, 0.15) is 0 Å². The molecule has 0 aliphatic carbocycles. The van der Waals surface area contributed by atoms with E-state index in [0.29, 0.717) is 0 Å². The van der Waals surface area contributed by atoms with Crippen LogP contribution in [0.15, 0.2) is 0 Å². The fourth-order valence-corrected chi connectivity index (χ4v) is 1.25. The van der Waals surface area contributed by atoms with Gasteiger partial charge in [0.15, 0.2) is 0 Å². The molecular weight excluding hydrogens is 264 g/mol. The van der Waals surface area contributed by atoms with E-state index < -0.39 is 15.6 Å². The third-order valence-corrected chi connectivity index (χ3v) is 1.91. The Morgan fingerprint density at radius 1 is 1.00 bits per heavy atom. The summed E-state index contributed by atoms with van der Waals surface area (Å²) >= 11 is 1.06. The molecular formula is H5NaO8P2V. The van der Waals surface area contributed by atoms with Crippen molar-refractivity contribution in [2.75, 3.05) is 0 Å². The minimum absolute atomic E-state index is 0. The van der Waals surface area contributed by atoms with E-state index in [1.807, 2.05) is 0 Å². The molecule has 0 radical (unpaired) electrons. The van der Waals surface area contributed by atoms with Crippen LogP contribution in [0.2, 0.25) is 0 Å². The summed E-state index contributed by atoms with van der Waals surface area (Å²) in [7, 11) is -10.1. The topological polar surface area (TPSA) is 141 Å². The Hall–Kier alpha value is 1.64. The summed E-state index contributed by atoms with van der Waals surface area (Å²) in [6, 6.07) is 0. The van der Waals surface area contributed by atoms with Crippen molar-refractivity contribution in [3.05, 3.63) is 0 Å². The number of hydrogen-bond acceptors (Lipinski definition) is 4. The zero-order chi connectivity index (χ0) is 9.71. The van der Waals surface area contributed by atoms with E-state index in [9.17, 15) is 9.13 Å². The maximum atomic E-state index is 9.63. The van der Waals surface area contributed by atoms with Crippen LogP contribution in [0.25, 0.3) is 0 Å². The second-order valence-electron chi connectivity index (χ2n) is 1.06. The van der Waals surface area contributed by atoms with Crippen LogP contribution >= 0.6 is 15.6 Å². The summed E-state index contributed by atoms with van der Waals surface area (Å²) in [5.74, 6) is 0. The summed E-state index contributed by atoms with van der Waals surface area (Å²) in [4.78, 5) is 31.0. The van der Waals surface area contributed by atoms with Gasteiger partial charge in [-0.15, -0.1) is 0 Å². The molecule has 0 aliphatic heterocycles. The van der Waals surface area contributed by atoms with Crippen molar-refractivity contribution >= 4 is 15.6 Å². The maximum absolute atomic E-state index is 9.63. The Morgan fingerprint density at radius 3 is 1.17 bits per heavy atom. The molecule has 0 saturated heterocycles. The predicted molar refractivity (Wildman–Crippen MR) is 27.0 cm³/mol. The number of phosphoric acid groups is 2. The van der Waals surface area contributed by atoms with Crippen LogP contribution < -0.4 is 29.6 Å². The molecule has 0 fully saturated rings. The Morgan fingerprint density at radius 2 is 1.17 bits per heavy atom. The molecule has 0 spiro atoms. The van der Waals surface area contributed by atoms with E-state index in [1.165, 1.54) is 0 Å². The molecule has 0 aromatic heterocycles. The average Bonchev–Trinajstić information content (AvgIpc) is 1.60. The molecule has 0 aromatic rings. The third-order valence-electron chi connectivity index (χ3n) is 0.213. The number of hydrogen-bond donors (Lipinski definition) is 4. The van der Waals surface area contributed by atoms with Gasteiger partial charge in [-0.1, -0.05) is 0 Å². The SMILES string of the molecule is O=P(O)(O)OP(=O)(O)O.[H-].[Na+].[O]=[V]. The average molecular weight is 269 g/mol. The first kappa shape index (κ1) is 19.3. The molecule has 69 valence electrons. The second-order valence-corrected chi connectivity index (χ2v) is 3.68. The van der Waals surface area contributed by atoms with Crippen molar-refractivity contribution in [2.24, 2.45) is 0 Å². The Balaban J connectivity index is -0.0000000941. The zero-order valence-electron chi connectivity index (χ0n) is 6.76. The van der Waals surface area contributed by atoms with Crippen molar-refractivity contribution in [2.45, 2.75) is 0 Å². The minimum atomic E-state index is -5.05. The quantitative estimate of drug-likeness (QED) is 0.295. The predicted octanol–water partition coefficient (Wildman–Crippen LogP) is -3.82. The molecule has 0 aliphatic rings. The van der Waals surface area contributed by atoms with E-state index in [4.69, 9.17) is 23.2 Å². The molecule has 8 nitrogen and oxygen atoms in total. The van der Waals surface area contributed by atoms with E-state index >= 15 is 0 Å². The molecule has 0 rings (SSSR count). The Bertz CT molecular complexity index is 174. The van der Waals surface area contributed by atoms with Gasteiger partial charge in [0, 0.05) is 0 Å². The molecule has 0 unspecified atom stereocenters. The monoisotopic (exact) mass is 269 g/mol. The number of rotatable bonds is 2. The van der Waals surface area contributed by atoms with Gasteiger partial charge in [-0.3, -0.25) is 0 Å². The molecule has 12 heteroatoms. The van der Waals surface area contributed by atoms with Crippen molar-refractivity contribution < 1.29 is 85.0 Å². The normalized spacial score (nSPS) is 10.6. The second kappa shape index (κ2) is 7.99. The van der Waals surface area contributed by atoms with Crippen LogP contribution in [0.3, 0.4) is 0 Å². The van der Waals surface area contributed by atoms with E-state index in [2.05, 4.69) is 4.31 Å². The Kier molecular flexibility index (Phi) is 12.8. The van der Waals surface area contributed by atoms with Crippen molar-refractivity contribution in [3.63, 3.8) is 0 Å². The standard InChI is InChI=1S/Na.H4O7P2.O.V.H/c;1-8(2,3)7-9(4,5)6;;;/h;(H2,1,2,3)(H2,4,5,6);;;/q+1;;;;-1. The summed E-state index contributed by atoms with van der Waals surface area (Å²) in [5.41, 5.74) is 0. The molecule has 0 bridgehead atoms. The van der Waals surface area contributed by atoms with Crippen molar-refractivity contribution in [1.29, 1.82) is 0 Å². The van der Waals surface area contributed by atoms with E-state index in [1.54, 1.807) is 0 Å². The van der Waals surface area contributed by atoms with Gasteiger partial charge in [0.05, 0.1) is 0 Å². The molecule has 12 heavy (non-hydrogen) atoms. The summed E-state index contributed by atoms with van der Waals surface area (Å²) in [6.07, 6.45) is 0. The van der Waals surface area contributed by atoms with Crippen LogP contribution in [0.5, 0.6) is 0 Å².